The molecule has 7 atom stereocenters. The third-order valence-corrected chi connectivity index (χ3v) is 5.46. The molecule has 0 N–H and O–H groups in total. The van der Waals surface area contributed by atoms with Gasteiger partial charge in [-0.15, -0.1) is 0 Å². The van der Waals surface area contributed by atoms with Crippen molar-refractivity contribution in [1.29, 1.82) is 0 Å². The zero-order chi connectivity index (χ0) is 19.8. The number of nitro groups is 1. The highest BCUT2D eigenvalue weighted by atomic mass is 16.8. The number of hydrogen-bond donors (Lipinski definition) is 0. The van der Waals surface area contributed by atoms with Crippen molar-refractivity contribution >= 4 is 0 Å². The van der Waals surface area contributed by atoms with Crippen molar-refractivity contribution < 1.29 is 28.6 Å². The molecule has 0 saturated carbocycles. The third kappa shape index (κ3) is 3.65. The Balaban J connectivity index is 1.40. The van der Waals surface area contributed by atoms with E-state index in [1.807, 2.05) is 60.7 Å². The van der Waals surface area contributed by atoms with Crippen molar-refractivity contribution in [3.05, 3.63) is 81.9 Å². The molecule has 29 heavy (non-hydrogen) atoms. The number of rotatable bonds is 4. The first kappa shape index (κ1) is 18.7. The second-order valence-electron chi connectivity index (χ2n) is 7.35. The van der Waals surface area contributed by atoms with Crippen LogP contribution < -0.4 is 0 Å². The van der Waals surface area contributed by atoms with Crippen molar-refractivity contribution in [3.63, 3.8) is 0 Å². The zero-order valence-corrected chi connectivity index (χ0v) is 15.5. The van der Waals surface area contributed by atoms with Crippen molar-refractivity contribution in [2.24, 2.45) is 0 Å². The number of fused-ring (bicyclic) bond motifs is 3. The average molecular weight is 399 g/mol. The summed E-state index contributed by atoms with van der Waals surface area (Å²) in [6, 6.07) is 19.1. The van der Waals surface area contributed by atoms with Crippen LogP contribution in [0.1, 0.15) is 23.7 Å². The van der Waals surface area contributed by atoms with Crippen LogP contribution in [-0.4, -0.2) is 48.6 Å². The Kier molecular flexibility index (Phi) is 5.03. The summed E-state index contributed by atoms with van der Waals surface area (Å²) in [7, 11) is 0. The van der Waals surface area contributed by atoms with Gasteiger partial charge in [-0.1, -0.05) is 60.7 Å². The predicted molar refractivity (Wildman–Crippen MR) is 99.5 cm³/mol. The summed E-state index contributed by atoms with van der Waals surface area (Å²) in [6.45, 7) is -0.0988. The SMILES string of the molecule is O=[N+]([O-])C[C@@H]1O[C@@H]2CO[C@@H](c3ccccc3)O[C@H]2[C@@H]2O[C@H](c3ccccc3)O[C@@H]21. The van der Waals surface area contributed by atoms with E-state index in [2.05, 4.69) is 0 Å². The Morgan fingerprint density at radius 1 is 0.793 bits per heavy atom. The second-order valence-corrected chi connectivity index (χ2v) is 7.35. The number of benzene rings is 2. The monoisotopic (exact) mass is 399 g/mol. The van der Waals surface area contributed by atoms with Gasteiger partial charge in [-0.05, 0) is 0 Å². The molecule has 0 aromatic heterocycles. The number of hydrogen-bond acceptors (Lipinski definition) is 7. The number of ether oxygens (including phenoxy) is 5. The van der Waals surface area contributed by atoms with E-state index in [1.165, 1.54) is 0 Å². The van der Waals surface area contributed by atoms with E-state index in [4.69, 9.17) is 23.7 Å². The van der Waals surface area contributed by atoms with Gasteiger partial charge < -0.3 is 23.7 Å². The van der Waals surface area contributed by atoms with Crippen LogP contribution in [0.15, 0.2) is 60.7 Å². The molecule has 152 valence electrons. The zero-order valence-electron chi connectivity index (χ0n) is 15.5. The topological polar surface area (TPSA) is 89.3 Å². The van der Waals surface area contributed by atoms with E-state index in [0.717, 1.165) is 11.1 Å². The lowest BCUT2D eigenvalue weighted by atomic mass is 9.94. The van der Waals surface area contributed by atoms with Crippen LogP contribution in [-0.2, 0) is 23.7 Å². The molecule has 2 aromatic rings. The Morgan fingerprint density at radius 3 is 2.03 bits per heavy atom. The fourth-order valence-corrected chi connectivity index (χ4v) is 4.14. The fraction of sp³-hybridized carbons (Fsp3) is 0.429. The highest BCUT2D eigenvalue weighted by Gasteiger charge is 2.57. The van der Waals surface area contributed by atoms with Crippen molar-refractivity contribution in [2.75, 3.05) is 13.2 Å². The molecule has 0 unspecified atom stereocenters. The third-order valence-electron chi connectivity index (χ3n) is 5.46. The standard InChI is InChI=1S/C21H21NO7/c23-22(24)11-15-17-19(29-21(28-17)14-9-5-2-6-10-14)18-16(26-15)12-25-20(27-18)13-7-3-1-4-8-13/h1-10,15-21H,11-12H2/t15-,16+,17+,18+,19+,20+,21+/m0/s1. The van der Waals surface area contributed by atoms with Gasteiger partial charge in [0, 0.05) is 16.1 Å². The lowest BCUT2D eigenvalue weighted by molar-refractivity contribution is -0.499. The summed E-state index contributed by atoms with van der Waals surface area (Å²) in [4.78, 5) is 10.8. The normalized spacial score (nSPS) is 36.2. The van der Waals surface area contributed by atoms with Crippen LogP contribution >= 0.6 is 0 Å². The van der Waals surface area contributed by atoms with Gasteiger partial charge in [0.1, 0.15) is 24.4 Å². The molecule has 3 saturated heterocycles. The summed E-state index contributed by atoms with van der Waals surface area (Å²) >= 11 is 0. The number of nitrogens with zero attached hydrogens (tertiary/aromatic N) is 1. The first-order valence-corrected chi connectivity index (χ1v) is 9.64. The van der Waals surface area contributed by atoms with Crippen LogP contribution in [0, 0.1) is 10.1 Å². The van der Waals surface area contributed by atoms with E-state index >= 15 is 0 Å². The van der Waals surface area contributed by atoms with Gasteiger partial charge in [0.25, 0.3) is 0 Å². The van der Waals surface area contributed by atoms with Gasteiger partial charge >= 0.3 is 0 Å². The Bertz CT molecular complexity index is 849. The van der Waals surface area contributed by atoms with Gasteiger partial charge in [-0.2, -0.15) is 0 Å². The fourth-order valence-electron chi connectivity index (χ4n) is 4.14. The molecule has 0 bridgehead atoms. The van der Waals surface area contributed by atoms with Crippen LogP contribution in [0.25, 0.3) is 0 Å². The molecule has 3 heterocycles. The van der Waals surface area contributed by atoms with Crippen LogP contribution in [0.5, 0.6) is 0 Å². The second kappa shape index (κ2) is 7.81. The lowest BCUT2D eigenvalue weighted by Crippen LogP contribution is -2.61. The molecule has 8 nitrogen and oxygen atoms in total. The summed E-state index contributed by atoms with van der Waals surface area (Å²) in [6.07, 6.45) is -3.89. The van der Waals surface area contributed by atoms with Crippen LogP contribution in [0.4, 0.5) is 0 Å². The Hall–Kier alpha value is -2.36. The molecular formula is C21H21NO7. The minimum atomic E-state index is -0.731. The van der Waals surface area contributed by atoms with Gasteiger partial charge in [-0.3, -0.25) is 10.1 Å². The first-order valence-electron chi connectivity index (χ1n) is 9.64. The van der Waals surface area contributed by atoms with Crippen molar-refractivity contribution in [1.82, 2.24) is 0 Å². The Labute approximate surface area is 167 Å². The average Bonchev–Trinajstić information content (AvgIpc) is 3.21. The van der Waals surface area contributed by atoms with E-state index in [1.54, 1.807) is 0 Å². The lowest BCUT2D eigenvalue weighted by Gasteiger charge is -2.45. The minimum Gasteiger partial charge on any atom is -0.360 e. The largest absolute Gasteiger partial charge is 0.360 e. The highest BCUT2D eigenvalue weighted by molar-refractivity contribution is 5.19. The molecule has 0 amide bonds. The molecule has 2 aromatic carbocycles. The predicted octanol–water partition coefficient (Wildman–Crippen LogP) is 2.63. The summed E-state index contributed by atoms with van der Waals surface area (Å²) in [5.41, 5.74) is 1.75. The van der Waals surface area contributed by atoms with E-state index < -0.39 is 48.0 Å². The molecule has 0 radical (unpaired) electrons. The van der Waals surface area contributed by atoms with Gasteiger partial charge in [-0.25, -0.2) is 0 Å². The maximum atomic E-state index is 11.2. The van der Waals surface area contributed by atoms with Gasteiger partial charge in [0.2, 0.25) is 6.54 Å². The van der Waals surface area contributed by atoms with Crippen LogP contribution in [0.3, 0.4) is 0 Å². The molecule has 3 fully saturated rings. The summed E-state index contributed by atoms with van der Waals surface area (Å²) in [5.74, 6) is 0. The van der Waals surface area contributed by atoms with Crippen molar-refractivity contribution in [2.45, 2.75) is 43.1 Å². The molecule has 0 spiro atoms. The summed E-state index contributed by atoms with van der Waals surface area (Å²) in [5, 5.41) is 11.2. The quantitative estimate of drug-likeness (QED) is 0.577. The molecule has 3 aliphatic heterocycles. The van der Waals surface area contributed by atoms with Gasteiger partial charge in [0.15, 0.2) is 18.7 Å². The van der Waals surface area contributed by atoms with Gasteiger partial charge in [0.05, 0.1) is 6.61 Å². The van der Waals surface area contributed by atoms with Crippen LogP contribution in [0.2, 0.25) is 0 Å². The smallest absolute Gasteiger partial charge is 0.232 e. The Morgan fingerprint density at radius 2 is 1.38 bits per heavy atom. The highest BCUT2D eigenvalue weighted by Crippen LogP contribution is 2.43. The summed E-state index contributed by atoms with van der Waals surface area (Å²) < 4.78 is 30.3. The molecule has 3 aliphatic rings. The molecule has 0 aliphatic carbocycles. The van der Waals surface area contributed by atoms with E-state index in [0.29, 0.717) is 0 Å². The molecular weight excluding hydrogens is 378 g/mol. The van der Waals surface area contributed by atoms with Crippen molar-refractivity contribution in [3.8, 4) is 0 Å². The minimum absolute atomic E-state index is 0.265. The molecule has 8 heteroatoms. The van der Waals surface area contributed by atoms with E-state index in [-0.39, 0.29) is 13.2 Å². The molecule has 5 rings (SSSR count). The van der Waals surface area contributed by atoms with E-state index in [9.17, 15) is 10.1 Å². The maximum absolute atomic E-state index is 11.2. The maximum Gasteiger partial charge on any atom is 0.232 e. The first-order chi connectivity index (χ1) is 14.2.